The number of amides is 1. The Morgan fingerprint density at radius 1 is 1.22 bits per heavy atom. The van der Waals surface area contributed by atoms with Gasteiger partial charge in [0.1, 0.15) is 5.75 Å². The quantitative estimate of drug-likeness (QED) is 0.745. The van der Waals surface area contributed by atoms with E-state index in [0.717, 1.165) is 12.8 Å². The minimum Gasteiger partial charge on any atom is -0.481 e. The van der Waals surface area contributed by atoms with Crippen LogP contribution in [0, 0.1) is 0 Å². The number of hydrogen-bond acceptors (Lipinski definition) is 5. The molecule has 1 aromatic rings. The third-order valence-corrected chi connectivity index (χ3v) is 4.44. The molecule has 0 fully saturated rings. The van der Waals surface area contributed by atoms with Crippen LogP contribution in [0.2, 0.25) is 0 Å². The highest BCUT2D eigenvalue weighted by Crippen LogP contribution is 2.20. The molecule has 0 heterocycles. The van der Waals surface area contributed by atoms with E-state index in [1.807, 2.05) is 19.0 Å². The minimum atomic E-state index is -3.30. The van der Waals surface area contributed by atoms with Crippen LogP contribution in [-0.4, -0.2) is 65.8 Å². The monoisotopic (exact) mass is 343 g/mol. The van der Waals surface area contributed by atoms with Gasteiger partial charge in [-0.3, -0.25) is 9.10 Å². The second kappa shape index (κ2) is 8.16. The van der Waals surface area contributed by atoms with Gasteiger partial charge in [0.05, 0.1) is 11.9 Å². The van der Waals surface area contributed by atoms with E-state index in [1.54, 1.807) is 31.2 Å². The van der Waals surface area contributed by atoms with Gasteiger partial charge in [-0.25, -0.2) is 8.42 Å². The molecule has 7 nitrogen and oxygen atoms in total. The lowest BCUT2D eigenvalue weighted by atomic mass is 10.3. The highest BCUT2D eigenvalue weighted by Gasteiger charge is 2.15. The van der Waals surface area contributed by atoms with Crippen molar-refractivity contribution in [2.45, 2.75) is 13.0 Å². The predicted octanol–water partition coefficient (Wildman–Crippen LogP) is 0.528. The summed E-state index contributed by atoms with van der Waals surface area (Å²) in [6, 6.07) is 6.54. The summed E-state index contributed by atoms with van der Waals surface area (Å²) in [5.41, 5.74) is 0.530. The van der Waals surface area contributed by atoms with Gasteiger partial charge in [-0.1, -0.05) is 0 Å². The van der Waals surface area contributed by atoms with Crippen LogP contribution >= 0.6 is 0 Å². The van der Waals surface area contributed by atoms with Crippen molar-refractivity contribution in [3.63, 3.8) is 0 Å². The molecule has 8 heteroatoms. The molecule has 0 aliphatic carbocycles. The third-order valence-electron chi connectivity index (χ3n) is 3.24. The number of ether oxygens (including phenoxy) is 1. The average molecular weight is 343 g/mol. The van der Waals surface area contributed by atoms with Gasteiger partial charge >= 0.3 is 0 Å². The Hall–Kier alpha value is -1.80. The van der Waals surface area contributed by atoms with Gasteiger partial charge in [0.25, 0.3) is 5.91 Å². The molecule has 0 bridgehead atoms. The number of likely N-dealkylation sites (N-methyl/N-ethyl adjacent to an activating group) is 1. The first-order valence-corrected chi connectivity index (χ1v) is 9.09. The molecule has 0 aromatic heterocycles. The lowest BCUT2D eigenvalue weighted by molar-refractivity contribution is -0.127. The molecule has 1 aromatic carbocycles. The number of carbonyl (C=O) groups excluding carboxylic acids is 1. The van der Waals surface area contributed by atoms with E-state index in [4.69, 9.17) is 4.74 Å². The number of nitrogens with one attached hydrogen (secondary N) is 1. The molecule has 0 spiro atoms. The fourth-order valence-corrected chi connectivity index (χ4v) is 2.23. The van der Waals surface area contributed by atoms with Crippen molar-refractivity contribution < 1.29 is 17.9 Å². The molecule has 1 atom stereocenters. The van der Waals surface area contributed by atoms with Gasteiger partial charge in [-0.2, -0.15) is 0 Å². The third kappa shape index (κ3) is 6.45. The Balaban J connectivity index is 2.59. The Kier molecular flexibility index (Phi) is 6.83. The molecule has 0 saturated carbocycles. The molecule has 1 amide bonds. The van der Waals surface area contributed by atoms with Crippen molar-refractivity contribution in [3.8, 4) is 5.75 Å². The van der Waals surface area contributed by atoms with Crippen LogP contribution in [0.15, 0.2) is 24.3 Å². The van der Waals surface area contributed by atoms with Crippen molar-refractivity contribution in [2.24, 2.45) is 0 Å². The topological polar surface area (TPSA) is 78.9 Å². The number of benzene rings is 1. The van der Waals surface area contributed by atoms with Gasteiger partial charge in [0.15, 0.2) is 6.10 Å². The Labute approximate surface area is 138 Å². The lowest BCUT2D eigenvalue weighted by Crippen LogP contribution is -2.39. The van der Waals surface area contributed by atoms with Gasteiger partial charge in [-0.15, -0.1) is 0 Å². The zero-order valence-corrected chi connectivity index (χ0v) is 15.1. The van der Waals surface area contributed by atoms with Crippen molar-refractivity contribution in [1.29, 1.82) is 0 Å². The predicted molar refractivity (Wildman–Crippen MR) is 91.3 cm³/mol. The van der Waals surface area contributed by atoms with E-state index in [2.05, 4.69) is 5.32 Å². The Morgan fingerprint density at radius 2 is 1.78 bits per heavy atom. The number of anilines is 1. The molecule has 130 valence electrons. The molecular formula is C15H25N3O4S. The second-order valence-electron chi connectivity index (χ2n) is 5.58. The Bertz CT molecular complexity index is 614. The molecule has 0 aliphatic rings. The fourth-order valence-electron chi connectivity index (χ4n) is 1.73. The first kappa shape index (κ1) is 19.2. The summed E-state index contributed by atoms with van der Waals surface area (Å²) in [5, 5.41) is 2.79. The van der Waals surface area contributed by atoms with Gasteiger partial charge in [-0.05, 0) is 45.3 Å². The summed E-state index contributed by atoms with van der Waals surface area (Å²) < 4.78 is 29.7. The van der Waals surface area contributed by atoms with E-state index in [9.17, 15) is 13.2 Å². The van der Waals surface area contributed by atoms with Crippen molar-refractivity contribution in [2.75, 3.05) is 44.8 Å². The zero-order chi connectivity index (χ0) is 17.6. The van der Waals surface area contributed by atoms with Gasteiger partial charge in [0, 0.05) is 20.1 Å². The van der Waals surface area contributed by atoms with Crippen LogP contribution in [-0.2, 0) is 14.8 Å². The molecular weight excluding hydrogens is 318 g/mol. The van der Waals surface area contributed by atoms with E-state index >= 15 is 0 Å². The molecule has 0 aliphatic heterocycles. The second-order valence-corrected chi connectivity index (χ2v) is 7.59. The molecule has 1 unspecified atom stereocenters. The van der Waals surface area contributed by atoms with Gasteiger partial charge in [0.2, 0.25) is 10.0 Å². The maximum absolute atomic E-state index is 11.9. The molecule has 0 saturated heterocycles. The summed E-state index contributed by atoms with van der Waals surface area (Å²) >= 11 is 0. The number of hydrogen-bond donors (Lipinski definition) is 1. The molecule has 23 heavy (non-hydrogen) atoms. The van der Waals surface area contributed by atoms with Crippen molar-refractivity contribution >= 4 is 21.6 Å². The Morgan fingerprint density at radius 3 is 2.26 bits per heavy atom. The van der Waals surface area contributed by atoms with Crippen LogP contribution in [0.3, 0.4) is 0 Å². The van der Waals surface area contributed by atoms with Gasteiger partial charge < -0.3 is 15.0 Å². The van der Waals surface area contributed by atoms with Crippen LogP contribution in [0.1, 0.15) is 6.92 Å². The van der Waals surface area contributed by atoms with E-state index in [0.29, 0.717) is 18.0 Å². The maximum atomic E-state index is 11.9. The minimum absolute atomic E-state index is 0.191. The van der Waals surface area contributed by atoms with E-state index < -0.39 is 16.1 Å². The van der Waals surface area contributed by atoms with E-state index in [1.165, 1.54) is 11.4 Å². The van der Waals surface area contributed by atoms with Crippen molar-refractivity contribution in [1.82, 2.24) is 10.2 Å². The zero-order valence-electron chi connectivity index (χ0n) is 14.2. The van der Waals surface area contributed by atoms with Crippen LogP contribution in [0.5, 0.6) is 5.75 Å². The van der Waals surface area contributed by atoms with Crippen LogP contribution < -0.4 is 14.4 Å². The lowest BCUT2D eigenvalue weighted by Gasteiger charge is -2.18. The van der Waals surface area contributed by atoms with Crippen LogP contribution in [0.4, 0.5) is 5.69 Å². The number of sulfonamides is 1. The van der Waals surface area contributed by atoms with Crippen LogP contribution in [0.25, 0.3) is 0 Å². The average Bonchev–Trinajstić information content (AvgIpc) is 2.45. The highest BCUT2D eigenvalue weighted by molar-refractivity contribution is 7.92. The summed E-state index contributed by atoms with van der Waals surface area (Å²) in [6.45, 7) is 2.98. The fraction of sp³-hybridized carbons (Fsp3) is 0.533. The molecule has 0 radical (unpaired) electrons. The standard InChI is InChI=1S/C15H25N3O4S/c1-12(15(19)16-10-11-17(2)3)22-14-8-6-13(7-9-14)18(4)23(5,20)21/h6-9,12H,10-11H2,1-5H3,(H,16,19). The number of nitrogens with zero attached hydrogens (tertiary/aromatic N) is 2. The van der Waals surface area contributed by atoms with Crippen molar-refractivity contribution in [3.05, 3.63) is 24.3 Å². The molecule has 1 N–H and O–H groups in total. The summed E-state index contributed by atoms with van der Waals surface area (Å²) in [7, 11) is 2.04. The number of carbonyl (C=O) groups is 1. The maximum Gasteiger partial charge on any atom is 0.260 e. The normalized spacial score (nSPS) is 12.8. The summed E-state index contributed by atoms with van der Waals surface area (Å²) in [6.07, 6.45) is 0.507. The number of rotatable bonds is 8. The smallest absolute Gasteiger partial charge is 0.260 e. The first-order chi connectivity index (χ1) is 10.6. The first-order valence-electron chi connectivity index (χ1n) is 7.24. The van der Waals surface area contributed by atoms with E-state index in [-0.39, 0.29) is 5.91 Å². The largest absolute Gasteiger partial charge is 0.481 e. The SMILES string of the molecule is CC(Oc1ccc(N(C)S(C)(=O)=O)cc1)C(=O)NCCN(C)C. The summed E-state index contributed by atoms with van der Waals surface area (Å²) in [5.74, 6) is 0.315. The molecule has 1 rings (SSSR count). The summed E-state index contributed by atoms with van der Waals surface area (Å²) in [4.78, 5) is 13.9. The highest BCUT2D eigenvalue weighted by atomic mass is 32.2.